The fourth-order valence-electron chi connectivity index (χ4n) is 2.36. The van der Waals surface area contributed by atoms with Crippen molar-refractivity contribution in [3.05, 3.63) is 35.9 Å². The van der Waals surface area contributed by atoms with Gasteiger partial charge in [-0.25, -0.2) is 0 Å². The number of rotatable bonds is 4. The van der Waals surface area contributed by atoms with Crippen LogP contribution in [0.15, 0.2) is 30.3 Å². The minimum absolute atomic E-state index is 0.0565. The van der Waals surface area contributed by atoms with Crippen LogP contribution < -0.4 is 5.32 Å². The molecule has 1 aliphatic rings. The van der Waals surface area contributed by atoms with E-state index in [4.69, 9.17) is 0 Å². The number of amides is 1. The first kappa shape index (κ1) is 12.1. The van der Waals surface area contributed by atoms with Crippen molar-refractivity contribution in [3.63, 3.8) is 0 Å². The van der Waals surface area contributed by atoms with Crippen molar-refractivity contribution in [2.24, 2.45) is 0 Å². The largest absolute Gasteiger partial charge is 0.329 e. The van der Waals surface area contributed by atoms with Gasteiger partial charge in [-0.05, 0) is 18.4 Å². The first-order valence-corrected chi connectivity index (χ1v) is 6.29. The summed E-state index contributed by atoms with van der Waals surface area (Å²) >= 11 is 0. The van der Waals surface area contributed by atoms with Gasteiger partial charge in [0.25, 0.3) is 0 Å². The highest BCUT2D eigenvalue weighted by atomic mass is 16.2. The summed E-state index contributed by atoms with van der Waals surface area (Å²) < 4.78 is 0. The Hall–Kier alpha value is -1.35. The van der Waals surface area contributed by atoms with Gasteiger partial charge in [0.2, 0.25) is 5.91 Å². The molecule has 1 fully saturated rings. The fourth-order valence-corrected chi connectivity index (χ4v) is 2.36. The summed E-state index contributed by atoms with van der Waals surface area (Å²) in [4.78, 5) is 13.9. The van der Waals surface area contributed by atoms with Crippen molar-refractivity contribution in [2.75, 3.05) is 7.05 Å². The number of carbonyl (C=O) groups excluding carboxylic acids is 1. The third-order valence-corrected chi connectivity index (χ3v) is 3.35. The van der Waals surface area contributed by atoms with Crippen LogP contribution in [0.5, 0.6) is 0 Å². The summed E-state index contributed by atoms with van der Waals surface area (Å²) in [5, 5.41) is 3.42. The van der Waals surface area contributed by atoms with Gasteiger partial charge in [0, 0.05) is 7.05 Å². The van der Waals surface area contributed by atoms with Gasteiger partial charge in [0.15, 0.2) is 0 Å². The molecular formula is C14H20N2O. The Morgan fingerprint density at radius 3 is 2.65 bits per heavy atom. The molecule has 2 atom stereocenters. The highest BCUT2D eigenvalue weighted by Crippen LogP contribution is 2.16. The molecule has 3 heteroatoms. The summed E-state index contributed by atoms with van der Waals surface area (Å²) in [6.07, 6.45) is 3.10. The van der Waals surface area contributed by atoms with E-state index in [-0.39, 0.29) is 18.1 Å². The van der Waals surface area contributed by atoms with Gasteiger partial charge in [-0.3, -0.25) is 10.1 Å². The van der Waals surface area contributed by atoms with Crippen LogP contribution >= 0.6 is 0 Å². The number of likely N-dealkylation sites (N-methyl/N-ethyl adjacent to an activating group) is 1. The molecule has 0 saturated carbocycles. The summed E-state index contributed by atoms with van der Waals surface area (Å²) in [5.41, 5.74) is 1.21. The van der Waals surface area contributed by atoms with Gasteiger partial charge >= 0.3 is 0 Å². The average molecular weight is 232 g/mol. The SMILES string of the molecule is CCCC1NC(Cc2ccccc2)C(=O)N1C. The monoisotopic (exact) mass is 232 g/mol. The maximum atomic E-state index is 12.1. The van der Waals surface area contributed by atoms with Crippen LogP contribution in [0.4, 0.5) is 0 Å². The molecule has 1 heterocycles. The summed E-state index contributed by atoms with van der Waals surface area (Å²) in [7, 11) is 1.89. The third-order valence-electron chi connectivity index (χ3n) is 3.35. The zero-order valence-corrected chi connectivity index (χ0v) is 10.5. The van der Waals surface area contributed by atoms with Crippen LogP contribution in [0.2, 0.25) is 0 Å². The standard InChI is InChI=1S/C14H20N2O/c1-3-7-13-15-12(14(17)16(13)2)10-11-8-5-4-6-9-11/h4-6,8-9,12-13,15H,3,7,10H2,1-2H3. The smallest absolute Gasteiger partial charge is 0.241 e. The predicted octanol–water partition coefficient (Wildman–Crippen LogP) is 1.79. The lowest BCUT2D eigenvalue weighted by atomic mass is 10.1. The van der Waals surface area contributed by atoms with Crippen LogP contribution in [0.25, 0.3) is 0 Å². The van der Waals surface area contributed by atoms with Gasteiger partial charge in [-0.15, -0.1) is 0 Å². The quantitative estimate of drug-likeness (QED) is 0.858. The number of carbonyl (C=O) groups is 1. The number of hydrogen-bond acceptors (Lipinski definition) is 2. The van der Waals surface area contributed by atoms with E-state index in [2.05, 4.69) is 24.4 Å². The van der Waals surface area contributed by atoms with Crippen LogP contribution in [0.1, 0.15) is 25.3 Å². The number of benzene rings is 1. The molecule has 92 valence electrons. The molecule has 1 aromatic rings. The second kappa shape index (κ2) is 5.32. The Bertz CT molecular complexity index is 377. The molecule has 0 aromatic heterocycles. The molecular weight excluding hydrogens is 212 g/mol. The Balaban J connectivity index is 2.01. The zero-order chi connectivity index (χ0) is 12.3. The number of hydrogen-bond donors (Lipinski definition) is 1. The van der Waals surface area contributed by atoms with Crippen LogP contribution in [-0.4, -0.2) is 30.1 Å². The van der Waals surface area contributed by atoms with Gasteiger partial charge in [-0.2, -0.15) is 0 Å². The highest BCUT2D eigenvalue weighted by Gasteiger charge is 2.35. The summed E-state index contributed by atoms with van der Waals surface area (Å²) in [6, 6.07) is 10.1. The predicted molar refractivity (Wildman–Crippen MR) is 68.5 cm³/mol. The highest BCUT2D eigenvalue weighted by molar-refractivity contribution is 5.84. The minimum Gasteiger partial charge on any atom is -0.329 e. The van der Waals surface area contributed by atoms with E-state index >= 15 is 0 Å². The van der Waals surface area contributed by atoms with E-state index in [0.29, 0.717) is 0 Å². The third kappa shape index (κ3) is 2.67. The maximum Gasteiger partial charge on any atom is 0.241 e. The van der Waals surface area contributed by atoms with Crippen molar-refractivity contribution in [1.82, 2.24) is 10.2 Å². The lowest BCUT2D eigenvalue weighted by Crippen LogP contribution is -2.34. The molecule has 1 aromatic carbocycles. The van der Waals surface area contributed by atoms with Crippen molar-refractivity contribution in [3.8, 4) is 0 Å². The second-order valence-corrected chi connectivity index (χ2v) is 4.66. The van der Waals surface area contributed by atoms with E-state index in [1.165, 1.54) is 5.56 Å². The molecule has 1 N–H and O–H groups in total. The van der Waals surface area contributed by atoms with Crippen molar-refractivity contribution < 1.29 is 4.79 Å². The Labute approximate surface area is 103 Å². The summed E-state index contributed by atoms with van der Waals surface area (Å²) in [6.45, 7) is 2.14. The van der Waals surface area contributed by atoms with Crippen molar-refractivity contribution >= 4 is 5.91 Å². The molecule has 1 amide bonds. The zero-order valence-electron chi connectivity index (χ0n) is 10.5. The molecule has 3 nitrogen and oxygen atoms in total. The van der Waals surface area contributed by atoms with Crippen molar-refractivity contribution in [2.45, 2.75) is 38.4 Å². The Kier molecular flexibility index (Phi) is 3.79. The topological polar surface area (TPSA) is 32.3 Å². The Morgan fingerprint density at radius 1 is 1.29 bits per heavy atom. The van der Waals surface area contributed by atoms with E-state index in [0.717, 1.165) is 19.3 Å². The van der Waals surface area contributed by atoms with E-state index in [9.17, 15) is 4.79 Å². The van der Waals surface area contributed by atoms with Gasteiger partial charge in [0.05, 0.1) is 12.2 Å². The minimum atomic E-state index is -0.0565. The van der Waals surface area contributed by atoms with E-state index < -0.39 is 0 Å². The second-order valence-electron chi connectivity index (χ2n) is 4.66. The number of nitrogens with one attached hydrogen (secondary N) is 1. The first-order chi connectivity index (χ1) is 8.22. The average Bonchev–Trinajstić information content (AvgIpc) is 2.60. The molecule has 0 radical (unpaired) electrons. The first-order valence-electron chi connectivity index (χ1n) is 6.29. The van der Waals surface area contributed by atoms with E-state index in [1.54, 1.807) is 0 Å². The van der Waals surface area contributed by atoms with E-state index in [1.807, 2.05) is 30.1 Å². The lowest BCUT2D eigenvalue weighted by molar-refractivity contribution is -0.128. The molecule has 0 spiro atoms. The van der Waals surface area contributed by atoms with Crippen LogP contribution in [0.3, 0.4) is 0 Å². The van der Waals surface area contributed by atoms with Gasteiger partial charge < -0.3 is 4.90 Å². The van der Waals surface area contributed by atoms with Gasteiger partial charge in [-0.1, -0.05) is 43.7 Å². The normalized spacial score (nSPS) is 24.4. The van der Waals surface area contributed by atoms with Crippen LogP contribution in [-0.2, 0) is 11.2 Å². The molecule has 1 aliphatic heterocycles. The molecule has 2 rings (SSSR count). The molecule has 2 unspecified atom stereocenters. The number of nitrogens with zero attached hydrogens (tertiary/aromatic N) is 1. The lowest BCUT2D eigenvalue weighted by Gasteiger charge is -2.17. The molecule has 1 saturated heterocycles. The fraction of sp³-hybridized carbons (Fsp3) is 0.500. The van der Waals surface area contributed by atoms with Crippen molar-refractivity contribution in [1.29, 1.82) is 0 Å². The molecule has 0 aliphatic carbocycles. The summed E-state index contributed by atoms with van der Waals surface area (Å²) in [5.74, 6) is 0.215. The Morgan fingerprint density at radius 2 is 2.00 bits per heavy atom. The van der Waals surface area contributed by atoms with Gasteiger partial charge in [0.1, 0.15) is 0 Å². The van der Waals surface area contributed by atoms with Crippen LogP contribution in [0, 0.1) is 0 Å². The maximum absolute atomic E-state index is 12.1. The molecule has 0 bridgehead atoms. The molecule has 17 heavy (non-hydrogen) atoms.